The third kappa shape index (κ3) is 2.85. The van der Waals surface area contributed by atoms with Gasteiger partial charge in [0.05, 0.1) is 0 Å². The number of hydrogen-bond donors (Lipinski definition) is 1. The summed E-state index contributed by atoms with van der Waals surface area (Å²) in [5.41, 5.74) is 1.05. The lowest BCUT2D eigenvalue weighted by Crippen LogP contribution is -2.46. The fraction of sp³-hybridized carbons (Fsp3) is 0.200. The first kappa shape index (κ1) is 15.1. The Morgan fingerprint density at radius 2 is 1.67 bits per heavy atom. The van der Waals surface area contributed by atoms with Crippen LogP contribution in [0, 0.1) is 17.6 Å². The fourth-order valence-corrected chi connectivity index (χ4v) is 3.04. The third-order valence-corrected chi connectivity index (χ3v) is 4.50. The summed E-state index contributed by atoms with van der Waals surface area (Å²) in [7, 11) is 0. The van der Waals surface area contributed by atoms with Crippen molar-refractivity contribution in [1.29, 1.82) is 0 Å². The molecule has 1 aliphatic rings. The molecule has 2 nitrogen and oxygen atoms in total. The van der Waals surface area contributed by atoms with E-state index in [1.807, 2.05) is 18.2 Å². The summed E-state index contributed by atoms with van der Waals surface area (Å²) < 4.78 is 32.6. The van der Waals surface area contributed by atoms with Gasteiger partial charge in [-0.3, -0.25) is 0 Å². The second-order valence-electron chi connectivity index (χ2n) is 6.14. The molecule has 1 heterocycles. The minimum atomic E-state index is -0.892. The Morgan fingerprint density at radius 1 is 0.875 bits per heavy atom. The van der Waals surface area contributed by atoms with Crippen molar-refractivity contribution in [3.8, 4) is 5.75 Å². The summed E-state index contributed by atoms with van der Waals surface area (Å²) in [4.78, 5) is 0. The van der Waals surface area contributed by atoms with E-state index in [-0.39, 0.29) is 6.10 Å². The molecule has 1 saturated heterocycles. The second kappa shape index (κ2) is 6.21. The molecule has 0 radical (unpaired) electrons. The molecule has 0 spiro atoms. The molecular formula is C20H17F2NO. The van der Waals surface area contributed by atoms with E-state index in [1.54, 1.807) is 0 Å². The van der Waals surface area contributed by atoms with Crippen molar-refractivity contribution in [2.24, 2.45) is 5.92 Å². The molecule has 0 aromatic heterocycles. The highest BCUT2D eigenvalue weighted by Gasteiger charge is 2.30. The topological polar surface area (TPSA) is 21.3 Å². The molecule has 0 saturated carbocycles. The van der Waals surface area contributed by atoms with Crippen LogP contribution >= 0.6 is 0 Å². The van der Waals surface area contributed by atoms with E-state index < -0.39 is 11.6 Å². The second-order valence-corrected chi connectivity index (χ2v) is 6.14. The minimum Gasteiger partial charge on any atom is -0.485 e. The lowest BCUT2D eigenvalue weighted by Gasteiger charge is -2.35. The number of benzene rings is 3. The van der Waals surface area contributed by atoms with Gasteiger partial charge in [-0.2, -0.15) is 0 Å². The van der Waals surface area contributed by atoms with Crippen molar-refractivity contribution in [2.75, 3.05) is 13.1 Å². The van der Waals surface area contributed by atoms with Crippen molar-refractivity contribution in [1.82, 2.24) is 5.32 Å². The van der Waals surface area contributed by atoms with Crippen LogP contribution in [-0.4, -0.2) is 13.1 Å². The Balaban J connectivity index is 1.68. The number of halogens is 2. The average Bonchev–Trinajstić information content (AvgIpc) is 2.55. The molecule has 0 bridgehead atoms. The zero-order valence-corrected chi connectivity index (χ0v) is 13.0. The van der Waals surface area contributed by atoms with Gasteiger partial charge >= 0.3 is 0 Å². The van der Waals surface area contributed by atoms with Crippen molar-refractivity contribution < 1.29 is 13.5 Å². The maximum absolute atomic E-state index is 13.5. The summed E-state index contributed by atoms with van der Waals surface area (Å²) >= 11 is 0. The van der Waals surface area contributed by atoms with Gasteiger partial charge in [-0.1, -0.05) is 36.4 Å². The minimum absolute atomic E-state index is 0.194. The van der Waals surface area contributed by atoms with E-state index in [2.05, 4.69) is 29.6 Å². The molecule has 1 aliphatic heterocycles. The summed E-state index contributed by atoms with van der Waals surface area (Å²) in [6.45, 7) is 1.70. The Kier molecular flexibility index (Phi) is 3.90. The Bertz CT molecular complexity index is 876. The lowest BCUT2D eigenvalue weighted by atomic mass is 9.89. The van der Waals surface area contributed by atoms with Gasteiger partial charge in [0.25, 0.3) is 0 Å². The Hall–Kier alpha value is -2.46. The number of fused-ring (bicyclic) bond motifs is 1. The normalized spacial score (nSPS) is 15.9. The zero-order valence-electron chi connectivity index (χ0n) is 13.0. The number of ether oxygens (including phenoxy) is 1. The first-order valence-corrected chi connectivity index (χ1v) is 8.02. The molecule has 0 amide bonds. The van der Waals surface area contributed by atoms with Gasteiger partial charge in [0.1, 0.15) is 11.9 Å². The highest BCUT2D eigenvalue weighted by atomic mass is 19.2. The van der Waals surface area contributed by atoms with Gasteiger partial charge in [-0.15, -0.1) is 0 Å². The smallest absolute Gasteiger partial charge is 0.162 e. The predicted octanol–water partition coefficient (Wildman–Crippen LogP) is 4.46. The number of rotatable bonds is 4. The SMILES string of the molecule is Fc1ccc(OC(c2ccc3ccccc3c2)C2CNC2)cc1F. The molecule has 3 aromatic rings. The van der Waals surface area contributed by atoms with E-state index in [1.165, 1.54) is 11.5 Å². The van der Waals surface area contributed by atoms with Crippen molar-refractivity contribution in [3.63, 3.8) is 0 Å². The molecule has 1 unspecified atom stereocenters. The van der Waals surface area contributed by atoms with Gasteiger partial charge < -0.3 is 10.1 Å². The van der Waals surface area contributed by atoms with Crippen LogP contribution in [0.5, 0.6) is 5.75 Å². The van der Waals surface area contributed by atoms with Gasteiger partial charge in [-0.05, 0) is 34.5 Å². The van der Waals surface area contributed by atoms with Crippen LogP contribution in [0.4, 0.5) is 8.78 Å². The van der Waals surface area contributed by atoms with Gasteiger partial charge in [0.15, 0.2) is 11.6 Å². The van der Waals surface area contributed by atoms with Gasteiger partial charge in [0.2, 0.25) is 0 Å². The van der Waals surface area contributed by atoms with E-state index in [9.17, 15) is 8.78 Å². The summed E-state index contributed by atoms with van der Waals surface area (Å²) in [5.74, 6) is -1.11. The molecule has 3 aromatic carbocycles. The summed E-state index contributed by atoms with van der Waals surface area (Å²) in [6.07, 6.45) is -0.194. The first-order chi connectivity index (χ1) is 11.7. The first-order valence-electron chi connectivity index (χ1n) is 8.02. The maximum Gasteiger partial charge on any atom is 0.162 e. The van der Waals surface area contributed by atoms with Crippen LogP contribution in [0.2, 0.25) is 0 Å². The maximum atomic E-state index is 13.5. The van der Waals surface area contributed by atoms with Crippen molar-refractivity contribution in [3.05, 3.63) is 77.9 Å². The molecule has 4 rings (SSSR count). The molecule has 1 fully saturated rings. The van der Waals surface area contributed by atoms with Crippen LogP contribution in [0.15, 0.2) is 60.7 Å². The highest BCUT2D eigenvalue weighted by molar-refractivity contribution is 5.83. The van der Waals surface area contributed by atoms with Crippen LogP contribution in [0.3, 0.4) is 0 Å². The average molecular weight is 325 g/mol. The fourth-order valence-electron chi connectivity index (χ4n) is 3.04. The van der Waals surface area contributed by atoms with Gasteiger partial charge in [-0.25, -0.2) is 8.78 Å². The summed E-state index contributed by atoms with van der Waals surface area (Å²) in [5, 5.41) is 5.55. The molecule has 122 valence electrons. The van der Waals surface area contributed by atoms with Crippen LogP contribution in [-0.2, 0) is 0 Å². The zero-order chi connectivity index (χ0) is 16.5. The third-order valence-electron chi connectivity index (χ3n) is 4.50. The van der Waals surface area contributed by atoms with Gasteiger partial charge in [0, 0.05) is 25.1 Å². The van der Waals surface area contributed by atoms with E-state index in [4.69, 9.17) is 4.74 Å². The largest absolute Gasteiger partial charge is 0.485 e. The Labute approximate surface area is 139 Å². The van der Waals surface area contributed by atoms with E-state index in [0.717, 1.165) is 36.2 Å². The number of hydrogen-bond acceptors (Lipinski definition) is 2. The van der Waals surface area contributed by atoms with E-state index in [0.29, 0.717) is 11.7 Å². The van der Waals surface area contributed by atoms with Crippen LogP contribution in [0.25, 0.3) is 10.8 Å². The van der Waals surface area contributed by atoms with Crippen molar-refractivity contribution >= 4 is 10.8 Å². The number of nitrogens with one attached hydrogen (secondary N) is 1. The molecule has 1 atom stereocenters. The van der Waals surface area contributed by atoms with Crippen LogP contribution in [0.1, 0.15) is 11.7 Å². The molecular weight excluding hydrogens is 308 g/mol. The molecule has 1 N–H and O–H groups in total. The summed E-state index contributed by atoms with van der Waals surface area (Å²) in [6, 6.07) is 18.0. The lowest BCUT2D eigenvalue weighted by molar-refractivity contribution is 0.0989. The molecule has 24 heavy (non-hydrogen) atoms. The Morgan fingerprint density at radius 3 is 2.38 bits per heavy atom. The van der Waals surface area contributed by atoms with Crippen LogP contribution < -0.4 is 10.1 Å². The molecule has 0 aliphatic carbocycles. The molecule has 4 heteroatoms. The standard InChI is InChI=1S/C20H17F2NO/c21-18-8-7-17(10-19(18)22)24-20(16-11-23-12-16)15-6-5-13-3-1-2-4-14(13)9-15/h1-10,16,20,23H,11-12H2. The quantitative estimate of drug-likeness (QED) is 0.765. The monoisotopic (exact) mass is 325 g/mol. The van der Waals surface area contributed by atoms with E-state index >= 15 is 0 Å². The van der Waals surface area contributed by atoms with Crippen molar-refractivity contribution in [2.45, 2.75) is 6.10 Å². The highest BCUT2D eigenvalue weighted by Crippen LogP contribution is 2.33. The predicted molar refractivity (Wildman–Crippen MR) is 90.0 cm³/mol.